The molecule has 0 amide bonds. The molecule has 0 rings (SSSR count). The average Bonchev–Trinajstić information content (AvgIpc) is 0.811. The molecule has 0 N–H and O–H groups in total. The fourth-order valence-corrected chi connectivity index (χ4v) is 0. The Balaban J connectivity index is -0.0000000450. The summed E-state index contributed by atoms with van der Waals surface area (Å²) in [7, 11) is -3.63. The van der Waals surface area contributed by atoms with Gasteiger partial charge < -0.3 is 14.4 Å². The van der Waals surface area contributed by atoms with Crippen LogP contribution < -0.4 is 39.3 Å². The summed E-state index contributed by atoms with van der Waals surface area (Å²) in [5.74, 6) is 0. The molecule has 0 bridgehead atoms. The van der Waals surface area contributed by atoms with Gasteiger partial charge in [0.05, 0.1) is 0 Å². The monoisotopic (exact) mass is 104 g/mol. The fraction of sp³-hybridized carbons (Fsp3) is 0. The van der Waals surface area contributed by atoms with Crippen LogP contribution >= 0.6 is 8.25 Å². The molecule has 0 aromatic carbocycles. The van der Waals surface area contributed by atoms with E-state index in [1.807, 2.05) is 0 Å². The molecule has 5 heavy (non-hydrogen) atoms. The molecule has 0 heterocycles. The molecule has 0 aromatic rings. The molecular weight excluding hydrogens is 102 g/mol. The third-order valence-electron chi connectivity index (χ3n) is 0. The summed E-state index contributed by atoms with van der Waals surface area (Å²) >= 11 is 0. The first-order chi connectivity index (χ1) is 1.73. The van der Waals surface area contributed by atoms with Crippen LogP contribution in [0.4, 0.5) is 0 Å². The van der Waals surface area contributed by atoms with Crippen molar-refractivity contribution in [1.82, 2.24) is 0 Å². The zero-order chi connectivity index (χ0) is 3.58. The minimum Gasteiger partial charge on any atom is -0.813 e. The van der Waals surface area contributed by atoms with Crippen molar-refractivity contribution in [3.63, 3.8) is 0 Å². The smallest absolute Gasteiger partial charge is 0.813 e. The molecule has 0 saturated carbocycles. The Labute approximate surface area is 53.7 Å². The summed E-state index contributed by atoms with van der Waals surface area (Å²) in [6.45, 7) is 0. The van der Waals surface area contributed by atoms with Crippen LogP contribution in [-0.4, -0.2) is 0 Å². The summed E-state index contributed by atoms with van der Waals surface area (Å²) in [6, 6.07) is 0. The first kappa shape index (κ1) is 9.47. The van der Waals surface area contributed by atoms with E-state index in [9.17, 15) is 0 Å². The summed E-state index contributed by atoms with van der Waals surface area (Å²) in [5, 5.41) is 0. The van der Waals surface area contributed by atoms with Crippen molar-refractivity contribution in [2.24, 2.45) is 0 Å². The van der Waals surface area contributed by atoms with E-state index in [1.165, 1.54) is 0 Å². The molecule has 0 atom stereocenters. The van der Waals surface area contributed by atoms with Crippen molar-refractivity contribution in [3.8, 4) is 0 Å². The van der Waals surface area contributed by atoms with Crippen molar-refractivity contribution in [3.05, 3.63) is 0 Å². The van der Waals surface area contributed by atoms with Crippen LogP contribution in [0.25, 0.3) is 0 Å². The van der Waals surface area contributed by atoms with Gasteiger partial charge in [-0.05, 0) is 0 Å². The van der Waals surface area contributed by atoms with E-state index in [-0.39, 0.29) is 31.0 Å². The van der Waals surface area contributed by atoms with E-state index in [4.69, 9.17) is 14.4 Å². The molecule has 3 nitrogen and oxygen atoms in total. The van der Waals surface area contributed by atoms with Gasteiger partial charge in [0, 0.05) is 0 Å². The van der Waals surface area contributed by atoms with Crippen LogP contribution in [0, 0.1) is 0 Å². The van der Waals surface area contributed by atoms with Crippen LogP contribution in [0.1, 0.15) is 1.43 Å². The van der Waals surface area contributed by atoms with E-state index < -0.39 is 8.25 Å². The third kappa shape index (κ3) is 38.6. The molecular formula is H2NaO3P. The Morgan fingerprint density at radius 1 is 1.60 bits per heavy atom. The first-order valence-corrected chi connectivity index (χ1v) is 1.84. The predicted molar refractivity (Wildman–Crippen MR) is 10.1 cm³/mol. The van der Waals surface area contributed by atoms with E-state index >= 15 is 0 Å². The fourth-order valence-electron chi connectivity index (χ4n) is 0. The molecule has 0 fully saturated rings. The minimum atomic E-state index is -3.63. The maximum atomic E-state index is 8.52. The van der Waals surface area contributed by atoms with Gasteiger partial charge in [0.15, 0.2) is 0 Å². The number of hydrogen-bond acceptors (Lipinski definition) is 3. The van der Waals surface area contributed by atoms with Gasteiger partial charge in [0.1, 0.15) is 0 Å². The summed E-state index contributed by atoms with van der Waals surface area (Å²) < 4.78 is 8.52. The van der Waals surface area contributed by atoms with Gasteiger partial charge in [0.25, 0.3) is 0 Å². The standard InChI is InChI=1S/Na.H3O3P/c;1-4(2)3/h;4H,(H2,1,2,3)/q+1;/p-1. The Morgan fingerprint density at radius 2 is 1.60 bits per heavy atom. The van der Waals surface area contributed by atoms with Crippen LogP contribution in [0.15, 0.2) is 0 Å². The van der Waals surface area contributed by atoms with Gasteiger partial charge in [-0.15, -0.1) is 0 Å². The van der Waals surface area contributed by atoms with Crippen molar-refractivity contribution >= 4 is 8.25 Å². The third-order valence-corrected chi connectivity index (χ3v) is 0. The van der Waals surface area contributed by atoms with Crippen LogP contribution in [0.2, 0.25) is 0 Å². The quantitative estimate of drug-likeness (QED) is 0.229. The SMILES string of the molecule is O=[PH]([O-])[O-].[H+].[Na+]. The molecule has 0 aliphatic heterocycles. The molecule has 0 saturated heterocycles. The van der Waals surface area contributed by atoms with Crippen molar-refractivity contribution in [2.75, 3.05) is 0 Å². The van der Waals surface area contributed by atoms with Crippen LogP contribution in [0.3, 0.4) is 0 Å². The zero-order valence-corrected chi connectivity index (χ0v) is 5.72. The van der Waals surface area contributed by atoms with E-state index in [0.717, 1.165) is 0 Å². The summed E-state index contributed by atoms with van der Waals surface area (Å²) in [4.78, 5) is 17.0. The minimum absolute atomic E-state index is 0. The molecule has 26 valence electrons. The maximum Gasteiger partial charge on any atom is 1.00 e. The van der Waals surface area contributed by atoms with Gasteiger partial charge in [-0.1, -0.05) is 8.25 Å². The van der Waals surface area contributed by atoms with Crippen LogP contribution in [-0.2, 0) is 4.57 Å². The maximum absolute atomic E-state index is 8.52. The second kappa shape index (κ2) is 5.15. The van der Waals surface area contributed by atoms with Gasteiger partial charge in [-0.25, -0.2) is 0 Å². The van der Waals surface area contributed by atoms with Crippen molar-refractivity contribution in [1.29, 1.82) is 0 Å². The number of hydrogen-bond donors (Lipinski definition) is 0. The summed E-state index contributed by atoms with van der Waals surface area (Å²) in [6.07, 6.45) is 0. The van der Waals surface area contributed by atoms with E-state index in [2.05, 4.69) is 0 Å². The molecule has 0 radical (unpaired) electrons. The Kier molecular flexibility index (Phi) is 9.76. The van der Waals surface area contributed by atoms with Crippen molar-refractivity contribution < 1.29 is 45.3 Å². The Bertz CT molecular complexity index is 33.8. The zero-order valence-electron chi connectivity index (χ0n) is 3.72. The van der Waals surface area contributed by atoms with E-state index in [1.54, 1.807) is 0 Å². The van der Waals surface area contributed by atoms with Crippen LogP contribution in [0.5, 0.6) is 0 Å². The topological polar surface area (TPSA) is 63.2 Å². The second-order valence-corrected chi connectivity index (χ2v) is 0.750. The van der Waals surface area contributed by atoms with Crippen molar-refractivity contribution in [2.45, 2.75) is 0 Å². The van der Waals surface area contributed by atoms with E-state index in [0.29, 0.717) is 0 Å². The summed E-state index contributed by atoms with van der Waals surface area (Å²) in [5.41, 5.74) is 0. The molecule has 0 aliphatic rings. The second-order valence-electron chi connectivity index (χ2n) is 0.250. The Hall–Kier alpha value is 1.15. The molecule has 0 aliphatic carbocycles. The first-order valence-electron chi connectivity index (χ1n) is 0.612. The number of rotatable bonds is 0. The molecule has 0 spiro atoms. The van der Waals surface area contributed by atoms with Gasteiger partial charge in [-0.2, -0.15) is 0 Å². The normalized spacial score (nSPS) is 7.00. The Morgan fingerprint density at radius 3 is 1.60 bits per heavy atom. The van der Waals surface area contributed by atoms with Gasteiger partial charge >= 0.3 is 31.0 Å². The molecule has 0 unspecified atom stereocenters. The average molecular weight is 104 g/mol. The predicted octanol–water partition coefficient (Wildman–Crippen LogP) is -4.79. The van der Waals surface area contributed by atoms with Gasteiger partial charge in [-0.3, -0.25) is 0 Å². The largest absolute Gasteiger partial charge is 1.00 e. The molecule has 5 heteroatoms. The van der Waals surface area contributed by atoms with Gasteiger partial charge in [0.2, 0.25) is 0 Å². The molecule has 0 aromatic heterocycles.